The number of amides is 3. The maximum atomic E-state index is 12.2. The normalized spacial score (nSPS) is 22.2. The molecule has 0 aromatic carbocycles. The third kappa shape index (κ3) is 3.57. The van der Waals surface area contributed by atoms with Gasteiger partial charge in [-0.15, -0.1) is 0 Å². The van der Waals surface area contributed by atoms with Gasteiger partial charge in [0.25, 0.3) is 0 Å². The molecule has 19 heavy (non-hydrogen) atoms. The van der Waals surface area contributed by atoms with Crippen molar-refractivity contribution in [3.05, 3.63) is 0 Å². The molecule has 3 N–H and O–H groups in total. The lowest BCUT2D eigenvalue weighted by molar-refractivity contribution is -0.141. The van der Waals surface area contributed by atoms with Gasteiger partial charge in [-0.05, 0) is 6.92 Å². The van der Waals surface area contributed by atoms with Crippen LogP contribution in [0.15, 0.2) is 0 Å². The van der Waals surface area contributed by atoms with E-state index < -0.39 is 24.1 Å². The lowest BCUT2D eigenvalue weighted by Crippen LogP contribution is -2.50. The first-order chi connectivity index (χ1) is 8.90. The van der Waals surface area contributed by atoms with E-state index in [4.69, 9.17) is 5.11 Å². The number of urea groups is 1. The monoisotopic (exact) mass is 273 g/mol. The summed E-state index contributed by atoms with van der Waals surface area (Å²) in [6.45, 7) is 1.82. The molecule has 0 aromatic rings. The Labute approximate surface area is 111 Å². The lowest BCUT2D eigenvalue weighted by atomic mass is 10.2. The van der Waals surface area contributed by atoms with Gasteiger partial charge < -0.3 is 25.3 Å². The number of carboxylic acid groups (broad SMARTS) is 1. The number of nitrogens with one attached hydrogen (secondary N) is 1. The molecule has 1 aliphatic rings. The van der Waals surface area contributed by atoms with Crippen molar-refractivity contribution in [3.63, 3.8) is 0 Å². The molecule has 3 amide bonds. The van der Waals surface area contributed by atoms with E-state index in [1.165, 1.54) is 11.9 Å². The van der Waals surface area contributed by atoms with E-state index >= 15 is 0 Å². The van der Waals surface area contributed by atoms with Crippen LogP contribution in [0.25, 0.3) is 0 Å². The van der Waals surface area contributed by atoms with Gasteiger partial charge in [-0.2, -0.15) is 0 Å². The van der Waals surface area contributed by atoms with Crippen molar-refractivity contribution in [2.75, 3.05) is 26.7 Å². The summed E-state index contributed by atoms with van der Waals surface area (Å²) in [6.07, 6.45) is -0.831. The first-order valence-corrected chi connectivity index (χ1v) is 6.07. The number of aliphatic carboxylic acids is 1. The van der Waals surface area contributed by atoms with Gasteiger partial charge in [0.15, 0.2) is 0 Å². The van der Waals surface area contributed by atoms with E-state index in [1.807, 2.05) is 0 Å². The first kappa shape index (κ1) is 15.2. The van der Waals surface area contributed by atoms with Crippen molar-refractivity contribution >= 4 is 17.9 Å². The summed E-state index contributed by atoms with van der Waals surface area (Å²) in [5.41, 5.74) is 0. The minimum atomic E-state index is -1.15. The Hall–Kier alpha value is -1.83. The quantitative estimate of drug-likeness (QED) is 0.589. The zero-order chi connectivity index (χ0) is 14.6. The summed E-state index contributed by atoms with van der Waals surface area (Å²) in [5.74, 6) is -1.48. The summed E-state index contributed by atoms with van der Waals surface area (Å²) < 4.78 is 0. The van der Waals surface area contributed by atoms with Crippen molar-refractivity contribution in [2.45, 2.75) is 25.5 Å². The van der Waals surface area contributed by atoms with Crippen LogP contribution in [0.4, 0.5) is 4.79 Å². The molecule has 1 heterocycles. The van der Waals surface area contributed by atoms with Gasteiger partial charge in [0.1, 0.15) is 12.6 Å². The number of likely N-dealkylation sites (N-methyl/N-ethyl adjacent to an activating group) is 2. The highest BCUT2D eigenvalue weighted by Crippen LogP contribution is 2.19. The fourth-order valence-electron chi connectivity index (χ4n) is 2.01. The highest BCUT2D eigenvalue weighted by atomic mass is 16.4. The van der Waals surface area contributed by atoms with Crippen LogP contribution in [0.5, 0.6) is 0 Å². The largest absolute Gasteiger partial charge is 0.480 e. The average Bonchev–Trinajstić information content (AvgIpc) is 2.77. The van der Waals surface area contributed by atoms with Gasteiger partial charge in [0.2, 0.25) is 5.91 Å². The zero-order valence-corrected chi connectivity index (χ0v) is 11.0. The lowest BCUT2D eigenvalue weighted by Gasteiger charge is -2.28. The van der Waals surface area contributed by atoms with Gasteiger partial charge in [-0.1, -0.05) is 0 Å². The molecule has 0 saturated carbocycles. The summed E-state index contributed by atoms with van der Waals surface area (Å²) in [7, 11) is 1.46. The van der Waals surface area contributed by atoms with Gasteiger partial charge in [-0.3, -0.25) is 4.79 Å². The summed E-state index contributed by atoms with van der Waals surface area (Å²) >= 11 is 0. The second kappa shape index (κ2) is 6.37. The van der Waals surface area contributed by atoms with E-state index in [1.54, 1.807) is 6.92 Å². The molecule has 1 fully saturated rings. The van der Waals surface area contributed by atoms with Crippen LogP contribution in [0, 0.1) is 0 Å². The molecule has 0 aromatic heterocycles. The third-order valence-corrected chi connectivity index (χ3v) is 3.08. The number of hydrogen-bond donors (Lipinski definition) is 3. The fraction of sp³-hybridized carbons (Fsp3) is 0.727. The van der Waals surface area contributed by atoms with E-state index in [0.29, 0.717) is 0 Å². The van der Waals surface area contributed by atoms with Crippen LogP contribution in [0.1, 0.15) is 13.3 Å². The van der Waals surface area contributed by atoms with Crippen LogP contribution < -0.4 is 5.32 Å². The molecule has 2 unspecified atom stereocenters. The molecule has 0 aliphatic carbocycles. The average molecular weight is 273 g/mol. The van der Waals surface area contributed by atoms with Crippen molar-refractivity contribution in [1.82, 2.24) is 15.1 Å². The topological polar surface area (TPSA) is 110 Å². The second-order valence-corrected chi connectivity index (χ2v) is 4.37. The molecule has 2 atom stereocenters. The number of carbonyl (C=O) groups is 3. The van der Waals surface area contributed by atoms with E-state index in [-0.39, 0.29) is 32.0 Å². The highest BCUT2D eigenvalue weighted by molar-refractivity contribution is 5.87. The molecule has 0 bridgehead atoms. The minimum Gasteiger partial charge on any atom is -0.480 e. The zero-order valence-electron chi connectivity index (χ0n) is 11.0. The SMILES string of the molecule is CCN(CC(=O)NC)C(=O)N1CC(O)CC1C(=O)O. The smallest absolute Gasteiger partial charge is 0.326 e. The van der Waals surface area contributed by atoms with Crippen molar-refractivity contribution in [3.8, 4) is 0 Å². The number of rotatable bonds is 4. The molecular weight excluding hydrogens is 254 g/mol. The van der Waals surface area contributed by atoms with Gasteiger partial charge in [0, 0.05) is 26.6 Å². The summed E-state index contributed by atoms with van der Waals surface area (Å²) in [6, 6.07) is -1.59. The highest BCUT2D eigenvalue weighted by Gasteiger charge is 2.40. The van der Waals surface area contributed by atoms with E-state index in [0.717, 1.165) is 4.90 Å². The molecule has 8 heteroatoms. The Balaban J connectivity index is 2.78. The predicted octanol–water partition coefficient (Wildman–Crippen LogP) is -1.31. The molecule has 1 aliphatic heterocycles. The number of likely N-dealkylation sites (tertiary alicyclic amines) is 1. The number of hydrogen-bond acceptors (Lipinski definition) is 4. The number of β-amino-alcohol motifs (C(OH)–C–C–N with tert-alkyl or cyclic N) is 1. The number of carboxylic acids is 1. The Kier molecular flexibility index (Phi) is 5.11. The van der Waals surface area contributed by atoms with Crippen LogP contribution >= 0.6 is 0 Å². The molecule has 1 rings (SSSR count). The third-order valence-electron chi connectivity index (χ3n) is 3.08. The molecular formula is C11H19N3O5. The first-order valence-electron chi connectivity index (χ1n) is 6.07. The van der Waals surface area contributed by atoms with Gasteiger partial charge >= 0.3 is 12.0 Å². The standard InChI is InChI=1S/C11H19N3O5/c1-3-13(6-9(16)12-2)11(19)14-5-7(15)4-8(14)10(17)18/h7-8,15H,3-6H2,1-2H3,(H,12,16)(H,17,18). The Morgan fingerprint density at radius 1 is 1.42 bits per heavy atom. The van der Waals surface area contributed by atoms with Crippen molar-refractivity contribution < 1.29 is 24.6 Å². The maximum Gasteiger partial charge on any atom is 0.326 e. The van der Waals surface area contributed by atoms with Crippen LogP contribution in [-0.4, -0.2) is 76.7 Å². The summed E-state index contributed by atoms with van der Waals surface area (Å²) in [4.78, 5) is 36.9. The second-order valence-electron chi connectivity index (χ2n) is 4.37. The molecule has 1 saturated heterocycles. The van der Waals surface area contributed by atoms with Gasteiger partial charge in [-0.25, -0.2) is 9.59 Å². The number of nitrogens with zero attached hydrogens (tertiary/aromatic N) is 2. The van der Waals surface area contributed by atoms with E-state index in [2.05, 4.69) is 5.32 Å². The number of aliphatic hydroxyl groups is 1. The van der Waals surface area contributed by atoms with Crippen LogP contribution in [0.2, 0.25) is 0 Å². The van der Waals surface area contributed by atoms with Crippen molar-refractivity contribution in [1.29, 1.82) is 0 Å². The van der Waals surface area contributed by atoms with E-state index in [9.17, 15) is 19.5 Å². The van der Waals surface area contributed by atoms with Crippen LogP contribution in [0.3, 0.4) is 0 Å². The Morgan fingerprint density at radius 3 is 2.53 bits per heavy atom. The fourth-order valence-corrected chi connectivity index (χ4v) is 2.01. The molecule has 0 radical (unpaired) electrons. The Morgan fingerprint density at radius 2 is 2.05 bits per heavy atom. The Bertz CT molecular complexity index is 373. The molecule has 108 valence electrons. The predicted molar refractivity (Wildman–Crippen MR) is 65.5 cm³/mol. The minimum absolute atomic E-state index is 0.0125. The maximum absolute atomic E-state index is 12.2. The summed E-state index contributed by atoms with van der Waals surface area (Å²) in [5, 5.41) is 20.9. The van der Waals surface area contributed by atoms with Crippen LogP contribution in [-0.2, 0) is 9.59 Å². The molecule has 8 nitrogen and oxygen atoms in total. The molecule has 0 spiro atoms. The number of aliphatic hydroxyl groups excluding tert-OH is 1. The number of carbonyl (C=O) groups excluding carboxylic acids is 2. The van der Waals surface area contributed by atoms with Gasteiger partial charge in [0.05, 0.1) is 6.10 Å². The van der Waals surface area contributed by atoms with Crippen molar-refractivity contribution in [2.24, 2.45) is 0 Å².